The van der Waals surface area contributed by atoms with Gasteiger partial charge in [-0.25, -0.2) is 14.2 Å². The van der Waals surface area contributed by atoms with Gasteiger partial charge in [0.2, 0.25) is 0 Å². The van der Waals surface area contributed by atoms with E-state index in [0.29, 0.717) is 31.9 Å². The number of carbonyl (C=O) groups is 1. The molecule has 0 atom stereocenters. The van der Waals surface area contributed by atoms with E-state index in [1.807, 2.05) is 30.3 Å². The average Bonchev–Trinajstić information content (AvgIpc) is 2.68. The topological polar surface area (TPSA) is 39.2 Å². The van der Waals surface area contributed by atoms with E-state index in [2.05, 4.69) is 4.98 Å². The number of hydrogen-bond acceptors (Lipinski definition) is 3. The molecule has 0 bridgehead atoms. The molecule has 0 N–H and O–H groups in total. The molecule has 0 saturated carbocycles. The molecule has 0 unspecified atom stereocenters. The van der Waals surface area contributed by atoms with Crippen molar-refractivity contribution in [1.29, 1.82) is 0 Å². The normalized spacial score (nSPS) is 11.1. The van der Waals surface area contributed by atoms with Crippen LogP contribution in [0.5, 0.6) is 0 Å². The van der Waals surface area contributed by atoms with E-state index >= 15 is 0 Å². The first-order valence-corrected chi connectivity index (χ1v) is 9.40. The smallest absolute Gasteiger partial charge is 0.338 e. The number of benzene rings is 3. The molecule has 3 aromatic carbocycles. The van der Waals surface area contributed by atoms with Crippen LogP contribution in [0.25, 0.3) is 32.9 Å². The Hall–Kier alpha value is -2.69. The van der Waals surface area contributed by atoms with Gasteiger partial charge in [0.25, 0.3) is 0 Å². The lowest BCUT2D eigenvalue weighted by Crippen LogP contribution is -2.07. The second-order valence-corrected chi connectivity index (χ2v) is 7.02. The van der Waals surface area contributed by atoms with Crippen LogP contribution in [0.1, 0.15) is 17.3 Å². The summed E-state index contributed by atoms with van der Waals surface area (Å²) in [5.74, 6) is -1.09. The number of aromatic nitrogens is 1. The number of ether oxygens (including phenoxy) is 1. The molecular weight excluding hydrogens is 400 g/mol. The van der Waals surface area contributed by atoms with Crippen molar-refractivity contribution in [3.63, 3.8) is 0 Å². The molecule has 3 nitrogen and oxygen atoms in total. The van der Waals surface area contributed by atoms with Crippen LogP contribution in [0.4, 0.5) is 4.39 Å². The molecule has 0 aliphatic rings. The fourth-order valence-electron chi connectivity index (χ4n) is 3.33. The maximum Gasteiger partial charge on any atom is 0.338 e. The fourth-order valence-corrected chi connectivity index (χ4v) is 3.86. The molecule has 0 aliphatic carbocycles. The molecule has 0 aliphatic heterocycles. The minimum absolute atomic E-state index is 0.0566. The second-order valence-electron chi connectivity index (χ2n) is 6.18. The Bertz CT molecular complexity index is 1230. The summed E-state index contributed by atoms with van der Waals surface area (Å²) in [6.07, 6.45) is 0. The van der Waals surface area contributed by atoms with Crippen LogP contribution in [0, 0.1) is 5.82 Å². The molecule has 140 valence electrons. The molecule has 4 aromatic rings. The molecule has 28 heavy (non-hydrogen) atoms. The lowest BCUT2D eigenvalue weighted by Gasteiger charge is -2.15. The predicted molar refractivity (Wildman–Crippen MR) is 111 cm³/mol. The van der Waals surface area contributed by atoms with Crippen molar-refractivity contribution in [2.24, 2.45) is 0 Å². The van der Waals surface area contributed by atoms with Crippen LogP contribution in [0.3, 0.4) is 0 Å². The van der Waals surface area contributed by atoms with E-state index in [4.69, 9.17) is 27.9 Å². The summed E-state index contributed by atoms with van der Waals surface area (Å²) in [6, 6.07) is 15.3. The predicted octanol–water partition coefficient (Wildman–Crippen LogP) is 6.68. The monoisotopic (exact) mass is 413 g/mol. The van der Waals surface area contributed by atoms with E-state index in [9.17, 15) is 9.18 Å². The Labute approximate surface area is 170 Å². The highest BCUT2D eigenvalue weighted by Gasteiger charge is 2.22. The van der Waals surface area contributed by atoms with Crippen molar-refractivity contribution < 1.29 is 13.9 Å². The van der Waals surface area contributed by atoms with Crippen LogP contribution in [0.15, 0.2) is 54.6 Å². The highest BCUT2D eigenvalue weighted by Crippen LogP contribution is 2.40. The van der Waals surface area contributed by atoms with Gasteiger partial charge in [0, 0.05) is 21.4 Å². The molecule has 0 amide bonds. The Kier molecular flexibility index (Phi) is 4.92. The Morgan fingerprint density at radius 1 is 1.07 bits per heavy atom. The number of rotatable bonds is 3. The van der Waals surface area contributed by atoms with E-state index in [1.54, 1.807) is 19.1 Å². The van der Waals surface area contributed by atoms with Gasteiger partial charge < -0.3 is 4.74 Å². The van der Waals surface area contributed by atoms with Crippen molar-refractivity contribution in [2.45, 2.75) is 6.92 Å². The van der Waals surface area contributed by atoms with Crippen molar-refractivity contribution >= 4 is 51.0 Å². The zero-order valence-electron chi connectivity index (χ0n) is 14.8. The molecule has 0 radical (unpaired) electrons. The number of fused-ring (bicyclic) bond motifs is 2. The lowest BCUT2D eigenvalue weighted by atomic mass is 9.93. The van der Waals surface area contributed by atoms with Gasteiger partial charge in [-0.3, -0.25) is 0 Å². The summed E-state index contributed by atoms with van der Waals surface area (Å²) in [6.45, 7) is 1.92. The van der Waals surface area contributed by atoms with Crippen LogP contribution >= 0.6 is 23.2 Å². The Morgan fingerprint density at radius 3 is 2.54 bits per heavy atom. The summed E-state index contributed by atoms with van der Waals surface area (Å²) in [7, 11) is 0. The van der Waals surface area contributed by atoms with E-state index in [-0.39, 0.29) is 17.7 Å². The van der Waals surface area contributed by atoms with Crippen molar-refractivity contribution in [3.8, 4) is 11.1 Å². The minimum atomic E-state index is -0.548. The van der Waals surface area contributed by atoms with Crippen LogP contribution in [-0.4, -0.2) is 17.6 Å². The summed E-state index contributed by atoms with van der Waals surface area (Å²) >= 11 is 12.6. The van der Waals surface area contributed by atoms with E-state index in [0.717, 1.165) is 5.56 Å². The van der Waals surface area contributed by atoms with Crippen molar-refractivity contribution in [1.82, 2.24) is 4.98 Å². The number of hydrogen-bond donors (Lipinski definition) is 0. The van der Waals surface area contributed by atoms with Gasteiger partial charge in [0.1, 0.15) is 11.3 Å². The molecule has 0 saturated heterocycles. The van der Waals surface area contributed by atoms with Gasteiger partial charge in [-0.2, -0.15) is 0 Å². The number of carbonyl (C=O) groups excluding carboxylic acids is 1. The summed E-state index contributed by atoms with van der Waals surface area (Å²) < 4.78 is 20.0. The SMILES string of the molecule is CCOC(=O)c1ccc(F)c2nc3c(Cl)cc(Cl)cc3c(-c3ccccc3)c12. The van der Waals surface area contributed by atoms with Crippen LogP contribution in [0.2, 0.25) is 10.0 Å². The van der Waals surface area contributed by atoms with Gasteiger partial charge in [-0.1, -0.05) is 53.5 Å². The number of halogens is 3. The first-order chi connectivity index (χ1) is 13.5. The second kappa shape index (κ2) is 7.38. The first-order valence-electron chi connectivity index (χ1n) is 8.64. The van der Waals surface area contributed by atoms with Gasteiger partial charge in [0.15, 0.2) is 0 Å². The number of esters is 1. The molecule has 1 heterocycles. The largest absolute Gasteiger partial charge is 0.462 e. The molecule has 1 aromatic heterocycles. The first kappa shape index (κ1) is 18.7. The molecule has 0 fully saturated rings. The van der Waals surface area contributed by atoms with Crippen LogP contribution < -0.4 is 0 Å². The van der Waals surface area contributed by atoms with E-state index in [1.165, 1.54) is 12.1 Å². The van der Waals surface area contributed by atoms with Gasteiger partial charge in [-0.15, -0.1) is 0 Å². The number of pyridine rings is 1. The fraction of sp³-hybridized carbons (Fsp3) is 0.0909. The molecule has 0 spiro atoms. The Balaban J connectivity index is 2.27. The van der Waals surface area contributed by atoms with E-state index < -0.39 is 11.8 Å². The van der Waals surface area contributed by atoms with Crippen molar-refractivity contribution in [2.75, 3.05) is 6.61 Å². The molecule has 6 heteroatoms. The van der Waals surface area contributed by atoms with Gasteiger partial charge in [0.05, 0.1) is 22.7 Å². The number of nitrogens with zero attached hydrogens (tertiary/aromatic N) is 1. The minimum Gasteiger partial charge on any atom is -0.462 e. The summed E-state index contributed by atoms with van der Waals surface area (Å²) in [5.41, 5.74) is 2.13. The maximum absolute atomic E-state index is 14.8. The highest BCUT2D eigenvalue weighted by molar-refractivity contribution is 6.39. The lowest BCUT2D eigenvalue weighted by molar-refractivity contribution is 0.0528. The zero-order chi connectivity index (χ0) is 19.8. The third kappa shape index (κ3) is 3.09. The van der Waals surface area contributed by atoms with Gasteiger partial charge >= 0.3 is 5.97 Å². The highest BCUT2D eigenvalue weighted by atomic mass is 35.5. The standard InChI is InChI=1S/C22H14Cl2FNO2/c1-2-28-22(27)14-8-9-17(25)21-19(14)18(12-6-4-3-5-7-12)15-10-13(23)11-16(24)20(15)26-21/h3-11H,2H2,1H3. The van der Waals surface area contributed by atoms with Gasteiger partial charge in [-0.05, 0) is 36.8 Å². The third-order valence-corrected chi connectivity index (χ3v) is 4.96. The molecule has 4 rings (SSSR count). The maximum atomic E-state index is 14.8. The van der Waals surface area contributed by atoms with Crippen molar-refractivity contribution in [3.05, 3.63) is 76.0 Å². The zero-order valence-corrected chi connectivity index (χ0v) is 16.3. The Morgan fingerprint density at radius 2 is 1.82 bits per heavy atom. The average molecular weight is 414 g/mol. The quantitative estimate of drug-likeness (QED) is 0.277. The summed E-state index contributed by atoms with van der Waals surface area (Å²) in [5, 5.41) is 1.73. The third-order valence-electron chi connectivity index (χ3n) is 4.46. The molecular formula is C22H14Cl2FNO2. The summed E-state index contributed by atoms with van der Waals surface area (Å²) in [4.78, 5) is 17.0. The van der Waals surface area contributed by atoms with Crippen LogP contribution in [-0.2, 0) is 4.74 Å².